The minimum absolute atomic E-state index is 0.284. The number of rotatable bonds is 5. The third-order valence-electron chi connectivity index (χ3n) is 4.07. The van der Waals surface area contributed by atoms with Crippen LogP contribution in [-0.4, -0.2) is 61.4 Å². The standard InChI is InChI=1S/C14H22N4O2S/c1-2-15-14-13(4-3-7-16-14)21(19,20)18-10-8-17(9-11-18)12-5-6-12/h3-4,7,12H,2,5-6,8-11H2,1H3,(H,15,16). The molecule has 0 atom stereocenters. The lowest BCUT2D eigenvalue weighted by molar-refractivity contribution is 0.180. The molecule has 1 aliphatic heterocycles. The molecule has 1 N–H and O–H groups in total. The fraction of sp³-hybridized carbons (Fsp3) is 0.643. The number of pyridine rings is 1. The van der Waals surface area contributed by atoms with Gasteiger partial charge in [0.25, 0.3) is 0 Å². The summed E-state index contributed by atoms with van der Waals surface area (Å²) in [5.41, 5.74) is 0. The van der Waals surface area contributed by atoms with E-state index in [1.165, 1.54) is 12.8 Å². The maximum atomic E-state index is 12.8. The molecule has 0 spiro atoms. The highest BCUT2D eigenvalue weighted by Gasteiger charge is 2.35. The zero-order valence-electron chi connectivity index (χ0n) is 12.3. The molecule has 21 heavy (non-hydrogen) atoms. The van der Waals surface area contributed by atoms with Crippen LogP contribution in [-0.2, 0) is 10.0 Å². The highest BCUT2D eigenvalue weighted by molar-refractivity contribution is 7.89. The molecule has 2 aliphatic rings. The van der Waals surface area contributed by atoms with Crippen LogP contribution < -0.4 is 5.32 Å². The van der Waals surface area contributed by atoms with E-state index in [2.05, 4.69) is 15.2 Å². The average molecular weight is 310 g/mol. The monoisotopic (exact) mass is 310 g/mol. The van der Waals surface area contributed by atoms with Gasteiger partial charge in [0.2, 0.25) is 10.0 Å². The maximum absolute atomic E-state index is 12.8. The van der Waals surface area contributed by atoms with E-state index < -0.39 is 10.0 Å². The first-order chi connectivity index (χ1) is 10.1. The van der Waals surface area contributed by atoms with Gasteiger partial charge in [-0.1, -0.05) is 0 Å². The van der Waals surface area contributed by atoms with Crippen LogP contribution in [0.2, 0.25) is 0 Å². The van der Waals surface area contributed by atoms with Crippen LogP contribution in [0.25, 0.3) is 0 Å². The van der Waals surface area contributed by atoms with E-state index in [0.29, 0.717) is 31.5 Å². The number of piperazine rings is 1. The van der Waals surface area contributed by atoms with Crippen LogP contribution in [0.4, 0.5) is 5.82 Å². The second kappa shape index (κ2) is 5.90. The fourth-order valence-corrected chi connectivity index (χ4v) is 4.33. The number of hydrogen-bond acceptors (Lipinski definition) is 5. The molecule has 116 valence electrons. The lowest BCUT2D eigenvalue weighted by atomic mass is 10.3. The SMILES string of the molecule is CCNc1ncccc1S(=O)(=O)N1CCN(C2CC2)CC1. The van der Waals surface area contributed by atoms with Gasteiger partial charge in [-0.25, -0.2) is 13.4 Å². The third kappa shape index (κ3) is 3.04. The highest BCUT2D eigenvalue weighted by Crippen LogP contribution is 2.29. The molecule has 0 amide bonds. The summed E-state index contributed by atoms with van der Waals surface area (Å²) in [6.45, 7) is 5.38. The second-order valence-corrected chi connectivity index (χ2v) is 7.46. The Hall–Kier alpha value is -1.18. The summed E-state index contributed by atoms with van der Waals surface area (Å²) in [5, 5.41) is 3.03. The van der Waals surface area contributed by atoms with Crippen molar-refractivity contribution in [3.8, 4) is 0 Å². The Morgan fingerprint density at radius 1 is 1.29 bits per heavy atom. The quantitative estimate of drug-likeness (QED) is 0.878. The lowest BCUT2D eigenvalue weighted by Gasteiger charge is -2.34. The Morgan fingerprint density at radius 2 is 2.00 bits per heavy atom. The lowest BCUT2D eigenvalue weighted by Crippen LogP contribution is -2.49. The van der Waals surface area contributed by atoms with Crippen molar-refractivity contribution in [2.45, 2.75) is 30.7 Å². The Bertz CT molecular complexity index is 593. The van der Waals surface area contributed by atoms with Crippen molar-refractivity contribution in [3.05, 3.63) is 18.3 Å². The minimum Gasteiger partial charge on any atom is -0.369 e. The summed E-state index contributed by atoms with van der Waals surface area (Å²) in [5.74, 6) is 0.449. The summed E-state index contributed by atoms with van der Waals surface area (Å²) in [4.78, 5) is 6.84. The van der Waals surface area contributed by atoms with Crippen molar-refractivity contribution in [1.29, 1.82) is 0 Å². The van der Waals surface area contributed by atoms with Gasteiger partial charge in [-0.2, -0.15) is 4.31 Å². The molecular formula is C14H22N4O2S. The normalized spacial score (nSPS) is 21.4. The first-order valence-corrected chi connectivity index (χ1v) is 9.00. The van der Waals surface area contributed by atoms with E-state index in [0.717, 1.165) is 13.1 Å². The Labute approximate surface area is 126 Å². The topological polar surface area (TPSA) is 65.5 Å². The summed E-state index contributed by atoms with van der Waals surface area (Å²) < 4.78 is 27.2. The van der Waals surface area contributed by atoms with Crippen molar-refractivity contribution < 1.29 is 8.42 Å². The van der Waals surface area contributed by atoms with Gasteiger partial charge < -0.3 is 5.32 Å². The summed E-state index contributed by atoms with van der Waals surface area (Å²) in [6, 6.07) is 4.01. The number of anilines is 1. The molecule has 0 bridgehead atoms. The maximum Gasteiger partial charge on any atom is 0.246 e. The average Bonchev–Trinajstić information content (AvgIpc) is 3.33. The second-order valence-electron chi connectivity index (χ2n) is 5.55. The molecule has 7 heteroatoms. The molecule has 2 fully saturated rings. The smallest absolute Gasteiger partial charge is 0.246 e. The van der Waals surface area contributed by atoms with Gasteiger partial charge in [0, 0.05) is 45.0 Å². The van der Waals surface area contributed by atoms with Gasteiger partial charge in [0.1, 0.15) is 10.7 Å². The molecule has 3 rings (SSSR count). The van der Waals surface area contributed by atoms with Crippen LogP contribution in [0.1, 0.15) is 19.8 Å². The molecule has 0 aromatic carbocycles. The minimum atomic E-state index is -3.46. The van der Waals surface area contributed by atoms with Crippen LogP contribution in [0.15, 0.2) is 23.2 Å². The number of aromatic nitrogens is 1. The van der Waals surface area contributed by atoms with Crippen molar-refractivity contribution in [1.82, 2.24) is 14.2 Å². The van der Waals surface area contributed by atoms with Crippen LogP contribution in [0.3, 0.4) is 0 Å². The molecule has 0 unspecified atom stereocenters. The van der Waals surface area contributed by atoms with Gasteiger partial charge in [0.15, 0.2) is 0 Å². The zero-order valence-corrected chi connectivity index (χ0v) is 13.1. The molecule has 0 radical (unpaired) electrons. The number of hydrogen-bond donors (Lipinski definition) is 1. The van der Waals surface area contributed by atoms with E-state index >= 15 is 0 Å². The molecule has 1 aliphatic carbocycles. The van der Waals surface area contributed by atoms with E-state index in [4.69, 9.17) is 0 Å². The highest BCUT2D eigenvalue weighted by atomic mass is 32.2. The van der Waals surface area contributed by atoms with Gasteiger partial charge >= 0.3 is 0 Å². The number of sulfonamides is 1. The third-order valence-corrected chi connectivity index (χ3v) is 6.00. The first kappa shape index (κ1) is 14.7. The molecule has 6 nitrogen and oxygen atoms in total. The van der Waals surface area contributed by atoms with Gasteiger partial charge in [-0.3, -0.25) is 4.90 Å². The van der Waals surface area contributed by atoms with Gasteiger partial charge in [-0.05, 0) is 31.9 Å². The molecule has 1 saturated carbocycles. The van der Waals surface area contributed by atoms with E-state index in [-0.39, 0.29) is 4.90 Å². The predicted molar refractivity (Wildman–Crippen MR) is 81.8 cm³/mol. The van der Waals surface area contributed by atoms with Crippen LogP contribution in [0, 0.1) is 0 Å². The Kier molecular flexibility index (Phi) is 4.14. The van der Waals surface area contributed by atoms with Crippen molar-refractivity contribution in [2.24, 2.45) is 0 Å². The molecule has 1 aromatic heterocycles. The van der Waals surface area contributed by atoms with E-state index in [1.54, 1.807) is 22.6 Å². The summed E-state index contributed by atoms with van der Waals surface area (Å²) >= 11 is 0. The van der Waals surface area contributed by atoms with E-state index in [1.807, 2.05) is 6.92 Å². The predicted octanol–water partition coefficient (Wildman–Crippen LogP) is 0.982. The van der Waals surface area contributed by atoms with Crippen molar-refractivity contribution >= 4 is 15.8 Å². The molecule has 1 saturated heterocycles. The Morgan fingerprint density at radius 3 is 2.62 bits per heavy atom. The van der Waals surface area contributed by atoms with Gasteiger partial charge in [0.05, 0.1) is 0 Å². The molecular weight excluding hydrogens is 288 g/mol. The molecule has 1 aromatic rings. The first-order valence-electron chi connectivity index (χ1n) is 7.56. The van der Waals surface area contributed by atoms with Crippen LogP contribution in [0.5, 0.6) is 0 Å². The Balaban J connectivity index is 1.77. The van der Waals surface area contributed by atoms with E-state index in [9.17, 15) is 8.42 Å². The van der Waals surface area contributed by atoms with Crippen molar-refractivity contribution in [2.75, 3.05) is 38.0 Å². The van der Waals surface area contributed by atoms with Crippen molar-refractivity contribution in [3.63, 3.8) is 0 Å². The zero-order chi connectivity index (χ0) is 14.9. The van der Waals surface area contributed by atoms with Crippen LogP contribution >= 0.6 is 0 Å². The summed E-state index contributed by atoms with van der Waals surface area (Å²) in [6.07, 6.45) is 4.14. The summed E-state index contributed by atoms with van der Waals surface area (Å²) in [7, 11) is -3.46. The molecule has 2 heterocycles. The number of nitrogens with zero attached hydrogens (tertiary/aromatic N) is 3. The fourth-order valence-electron chi connectivity index (χ4n) is 2.79. The number of nitrogens with one attached hydrogen (secondary N) is 1. The van der Waals surface area contributed by atoms with Gasteiger partial charge in [-0.15, -0.1) is 0 Å². The largest absolute Gasteiger partial charge is 0.369 e.